The van der Waals surface area contributed by atoms with Crippen LogP contribution in [0.5, 0.6) is 5.75 Å². The molecule has 1 saturated carbocycles. The Bertz CT molecular complexity index is 498. The molecule has 0 bridgehead atoms. The summed E-state index contributed by atoms with van der Waals surface area (Å²) in [4.78, 5) is 23.4. The molecular weight excluding hydrogens is 270 g/mol. The number of hydrogen-bond donors (Lipinski definition) is 2. The van der Waals surface area contributed by atoms with Crippen molar-refractivity contribution in [2.24, 2.45) is 5.92 Å². The molecule has 1 aliphatic carbocycles. The number of ether oxygens (including phenoxy) is 1. The third kappa shape index (κ3) is 3.97. The smallest absolute Gasteiger partial charge is 0.308 e. The van der Waals surface area contributed by atoms with Crippen LogP contribution >= 0.6 is 0 Å². The lowest BCUT2D eigenvalue weighted by molar-refractivity contribution is -0.143. The van der Waals surface area contributed by atoms with E-state index < -0.39 is 11.9 Å². The summed E-state index contributed by atoms with van der Waals surface area (Å²) in [5.74, 6) is -0.816. The fraction of sp³-hybridized carbons (Fsp3) is 0.500. The highest BCUT2D eigenvalue weighted by Gasteiger charge is 2.31. The predicted molar refractivity (Wildman–Crippen MR) is 78.5 cm³/mol. The van der Waals surface area contributed by atoms with Gasteiger partial charge in [-0.05, 0) is 44.0 Å². The lowest BCUT2D eigenvalue weighted by Gasteiger charge is -2.29. The minimum absolute atomic E-state index is 0.226. The summed E-state index contributed by atoms with van der Waals surface area (Å²) in [6.07, 6.45) is 3.22. The van der Waals surface area contributed by atoms with E-state index >= 15 is 0 Å². The molecule has 1 aliphatic rings. The number of carboxylic acids is 1. The Morgan fingerprint density at radius 2 is 1.90 bits per heavy atom. The van der Waals surface area contributed by atoms with E-state index in [4.69, 9.17) is 4.74 Å². The van der Waals surface area contributed by atoms with Crippen molar-refractivity contribution >= 4 is 11.9 Å². The summed E-state index contributed by atoms with van der Waals surface area (Å²) in [5, 5.41) is 12.1. The summed E-state index contributed by atoms with van der Waals surface area (Å²) < 4.78 is 5.33. The Hall–Kier alpha value is -2.04. The second-order valence-corrected chi connectivity index (χ2v) is 5.27. The zero-order valence-electron chi connectivity index (χ0n) is 12.2. The van der Waals surface area contributed by atoms with Gasteiger partial charge in [0.05, 0.1) is 12.5 Å². The number of hydrogen-bond acceptors (Lipinski definition) is 3. The molecule has 0 aromatic heterocycles. The molecule has 2 rings (SSSR count). The highest BCUT2D eigenvalue weighted by Crippen LogP contribution is 2.25. The zero-order valence-corrected chi connectivity index (χ0v) is 12.2. The van der Waals surface area contributed by atoms with Crippen LogP contribution in [0.1, 0.15) is 43.0 Å². The van der Waals surface area contributed by atoms with E-state index in [1.807, 2.05) is 6.92 Å². The highest BCUT2D eigenvalue weighted by molar-refractivity contribution is 5.94. The number of aliphatic carboxylic acids is 1. The number of nitrogens with one attached hydrogen (secondary N) is 1. The normalized spacial score (nSPS) is 21.6. The van der Waals surface area contributed by atoms with Crippen LogP contribution < -0.4 is 10.1 Å². The maximum absolute atomic E-state index is 12.2. The summed E-state index contributed by atoms with van der Waals surface area (Å²) in [6, 6.07) is 6.59. The number of carboxylic acid groups (broad SMARTS) is 1. The molecular formula is C16H21NO4. The van der Waals surface area contributed by atoms with Gasteiger partial charge in [0, 0.05) is 11.6 Å². The topological polar surface area (TPSA) is 75.6 Å². The van der Waals surface area contributed by atoms with Crippen LogP contribution in [0, 0.1) is 5.92 Å². The molecule has 1 aromatic carbocycles. The van der Waals surface area contributed by atoms with Crippen molar-refractivity contribution in [1.29, 1.82) is 0 Å². The molecule has 2 atom stereocenters. The van der Waals surface area contributed by atoms with Gasteiger partial charge in [0.1, 0.15) is 5.75 Å². The van der Waals surface area contributed by atoms with Crippen LogP contribution in [-0.4, -0.2) is 29.6 Å². The lowest BCUT2D eigenvalue weighted by Crippen LogP contribution is -2.45. The van der Waals surface area contributed by atoms with Gasteiger partial charge in [-0.3, -0.25) is 9.59 Å². The molecule has 0 saturated heterocycles. The van der Waals surface area contributed by atoms with E-state index in [-0.39, 0.29) is 11.9 Å². The molecule has 2 N–H and O–H groups in total. The van der Waals surface area contributed by atoms with Crippen molar-refractivity contribution in [2.75, 3.05) is 6.61 Å². The standard InChI is InChI=1S/C16H21NO4/c1-2-21-12-9-7-11(8-10-12)15(18)17-14-6-4-3-5-13(14)16(19)20/h7-10,13-14H,2-6H2,1H3,(H,17,18)(H,19,20). The fourth-order valence-corrected chi connectivity index (χ4v) is 2.72. The van der Waals surface area contributed by atoms with Crippen molar-refractivity contribution < 1.29 is 19.4 Å². The van der Waals surface area contributed by atoms with Gasteiger partial charge in [-0.1, -0.05) is 12.8 Å². The van der Waals surface area contributed by atoms with Crippen LogP contribution in [-0.2, 0) is 4.79 Å². The third-order valence-electron chi connectivity index (χ3n) is 3.83. The van der Waals surface area contributed by atoms with Crippen molar-refractivity contribution in [2.45, 2.75) is 38.6 Å². The van der Waals surface area contributed by atoms with Crippen LogP contribution in [0.3, 0.4) is 0 Å². The monoisotopic (exact) mass is 291 g/mol. The number of rotatable bonds is 5. The summed E-state index contributed by atoms with van der Waals surface area (Å²) >= 11 is 0. The Labute approximate surface area is 124 Å². The van der Waals surface area contributed by atoms with Crippen LogP contribution in [0.4, 0.5) is 0 Å². The molecule has 0 radical (unpaired) electrons. The van der Waals surface area contributed by atoms with E-state index in [9.17, 15) is 14.7 Å². The average molecular weight is 291 g/mol. The molecule has 1 amide bonds. The van der Waals surface area contributed by atoms with Crippen molar-refractivity contribution in [3.05, 3.63) is 29.8 Å². The number of benzene rings is 1. The second kappa shape index (κ2) is 7.11. The van der Waals surface area contributed by atoms with Gasteiger partial charge in [-0.25, -0.2) is 0 Å². The SMILES string of the molecule is CCOc1ccc(C(=O)NC2CCCCC2C(=O)O)cc1. The van der Waals surface area contributed by atoms with Gasteiger partial charge in [-0.15, -0.1) is 0 Å². The van der Waals surface area contributed by atoms with Gasteiger partial charge < -0.3 is 15.2 Å². The third-order valence-corrected chi connectivity index (χ3v) is 3.83. The Kier molecular flexibility index (Phi) is 5.20. The Morgan fingerprint density at radius 1 is 1.24 bits per heavy atom. The van der Waals surface area contributed by atoms with E-state index in [0.29, 0.717) is 18.6 Å². The molecule has 2 unspecified atom stereocenters. The minimum atomic E-state index is -0.827. The number of amides is 1. The van der Waals surface area contributed by atoms with E-state index in [1.54, 1.807) is 24.3 Å². The lowest BCUT2D eigenvalue weighted by atomic mass is 9.84. The first-order valence-electron chi connectivity index (χ1n) is 7.38. The van der Waals surface area contributed by atoms with Crippen molar-refractivity contribution in [3.8, 4) is 5.75 Å². The first kappa shape index (κ1) is 15.4. The summed E-state index contributed by atoms with van der Waals surface area (Å²) in [6.45, 7) is 2.48. The maximum Gasteiger partial charge on any atom is 0.308 e. The fourth-order valence-electron chi connectivity index (χ4n) is 2.72. The molecule has 21 heavy (non-hydrogen) atoms. The van der Waals surface area contributed by atoms with Crippen molar-refractivity contribution in [1.82, 2.24) is 5.32 Å². The predicted octanol–water partition coefficient (Wildman–Crippen LogP) is 2.46. The summed E-state index contributed by atoms with van der Waals surface area (Å²) in [5.41, 5.74) is 0.521. The van der Waals surface area contributed by atoms with Gasteiger partial charge in [0.25, 0.3) is 5.91 Å². The van der Waals surface area contributed by atoms with E-state index in [0.717, 1.165) is 25.0 Å². The highest BCUT2D eigenvalue weighted by atomic mass is 16.5. The maximum atomic E-state index is 12.2. The van der Waals surface area contributed by atoms with E-state index in [2.05, 4.69) is 5.32 Å². The van der Waals surface area contributed by atoms with Crippen LogP contribution in [0.15, 0.2) is 24.3 Å². The number of carbonyl (C=O) groups excluding carboxylic acids is 1. The second-order valence-electron chi connectivity index (χ2n) is 5.27. The van der Waals surface area contributed by atoms with E-state index in [1.165, 1.54) is 0 Å². The summed E-state index contributed by atoms with van der Waals surface area (Å²) in [7, 11) is 0. The molecule has 1 fully saturated rings. The Balaban J connectivity index is 2.00. The zero-order chi connectivity index (χ0) is 15.2. The molecule has 1 aromatic rings. The molecule has 5 nitrogen and oxygen atoms in total. The quantitative estimate of drug-likeness (QED) is 0.873. The molecule has 0 aliphatic heterocycles. The number of carbonyl (C=O) groups is 2. The first-order valence-corrected chi connectivity index (χ1v) is 7.38. The van der Waals surface area contributed by atoms with Gasteiger partial charge in [0.2, 0.25) is 0 Å². The largest absolute Gasteiger partial charge is 0.494 e. The van der Waals surface area contributed by atoms with Crippen LogP contribution in [0.25, 0.3) is 0 Å². The first-order chi connectivity index (χ1) is 10.1. The van der Waals surface area contributed by atoms with Crippen molar-refractivity contribution in [3.63, 3.8) is 0 Å². The van der Waals surface area contributed by atoms with Gasteiger partial charge in [-0.2, -0.15) is 0 Å². The van der Waals surface area contributed by atoms with Gasteiger partial charge >= 0.3 is 5.97 Å². The molecule has 0 heterocycles. The molecule has 114 valence electrons. The molecule has 0 spiro atoms. The van der Waals surface area contributed by atoms with Gasteiger partial charge in [0.15, 0.2) is 0 Å². The van der Waals surface area contributed by atoms with Crippen LogP contribution in [0.2, 0.25) is 0 Å². The Morgan fingerprint density at radius 3 is 2.52 bits per heavy atom. The average Bonchev–Trinajstić information content (AvgIpc) is 2.48. The minimum Gasteiger partial charge on any atom is -0.494 e. The molecule has 5 heteroatoms.